The molecule has 2 aromatic carbocycles. The van der Waals surface area contributed by atoms with Crippen molar-refractivity contribution in [1.82, 2.24) is 34.7 Å². The molecule has 0 aliphatic carbocycles. The van der Waals surface area contributed by atoms with Gasteiger partial charge in [0.1, 0.15) is 17.3 Å². The third kappa shape index (κ3) is 20.4. The van der Waals surface area contributed by atoms with E-state index in [1.165, 1.54) is 23.3 Å². The number of amides is 4. The Labute approximate surface area is 380 Å². The van der Waals surface area contributed by atoms with Crippen molar-refractivity contribution in [2.75, 3.05) is 29.6 Å². The molecule has 21 heteroatoms. The van der Waals surface area contributed by atoms with Gasteiger partial charge in [-0.25, -0.2) is 14.4 Å². The van der Waals surface area contributed by atoms with Crippen LogP contribution in [0.1, 0.15) is 81.1 Å². The van der Waals surface area contributed by atoms with Gasteiger partial charge in [-0.1, -0.05) is 67.6 Å². The second kappa shape index (κ2) is 25.4. The lowest BCUT2D eigenvalue weighted by Crippen LogP contribution is -2.47. The fourth-order valence-electron chi connectivity index (χ4n) is 5.10. The van der Waals surface area contributed by atoms with Gasteiger partial charge in [0, 0.05) is 58.8 Å². The summed E-state index contributed by atoms with van der Waals surface area (Å²) in [5, 5.41) is 11.0. The van der Waals surface area contributed by atoms with Gasteiger partial charge in [0.05, 0.1) is 6.04 Å². The molecule has 342 valence electrons. The van der Waals surface area contributed by atoms with E-state index in [0.29, 0.717) is 23.2 Å². The average Bonchev–Trinajstić information content (AvgIpc) is 3.87. The molecule has 0 fully saturated rings. The molecule has 0 aliphatic rings. The normalized spacial score (nSPS) is 12.5. The van der Waals surface area contributed by atoms with Gasteiger partial charge in [-0.05, 0) is 74.0 Å². The number of thioether (sulfide) groups is 1. The van der Waals surface area contributed by atoms with Gasteiger partial charge in [-0.3, -0.25) is 25.2 Å². The summed E-state index contributed by atoms with van der Waals surface area (Å²) in [6, 6.07) is 18.2. The van der Waals surface area contributed by atoms with E-state index in [2.05, 4.69) is 45.0 Å². The highest BCUT2D eigenvalue weighted by atomic mass is 32.2. The van der Waals surface area contributed by atoms with Crippen LogP contribution in [0.5, 0.6) is 0 Å². The Bertz CT molecular complexity index is 2070. The number of carbonyl (C=O) groups excluding carboxylic acids is 5. The number of anilines is 2. The van der Waals surface area contributed by atoms with Crippen molar-refractivity contribution >= 4 is 81.0 Å². The fraction of sp³-hybridized carbons (Fsp3) is 0.476. The number of Topliss-reactive ketones (excluding diaryl/α,β-unsaturated/α-hetero) is 1. The van der Waals surface area contributed by atoms with Gasteiger partial charge in [0.25, 0.3) is 0 Å². The standard InChI is InChI=1S/C34H51N7O8S2.C8H7N3S/c1-10-21(2)47-30(44)36-24(20-50-9)25(42)19-23(27(43)38-29-37-26(41-51-29)22-15-12-11-13-16-22)17-14-18-35-28(39-31(45)48-33(3,4)5)40-32(46)49-34(6,7)8;9-8-10-7(11-12-8)6-4-2-1-3-5-6/h11-13,15-16,21,23-24H,10,14,17-20H2,1-9H3,(H,36,44)(H,37,38,41,43)(H2,35,39,40,45,46);1-5H,(H2,9,10,11)/t21?,23?,24-;/m0./s1. The van der Waals surface area contributed by atoms with Crippen LogP contribution in [0.15, 0.2) is 65.7 Å². The lowest BCUT2D eigenvalue weighted by atomic mass is 9.93. The van der Waals surface area contributed by atoms with Crippen LogP contribution >= 0.6 is 34.8 Å². The number of aromatic nitrogens is 4. The minimum absolute atomic E-state index is 0.0452. The highest BCUT2D eigenvalue weighted by Crippen LogP contribution is 2.24. The minimum atomic E-state index is -0.890. The van der Waals surface area contributed by atoms with Crippen LogP contribution in [-0.4, -0.2) is 96.5 Å². The molecule has 2 heterocycles. The van der Waals surface area contributed by atoms with Crippen molar-refractivity contribution in [3.8, 4) is 22.8 Å². The Kier molecular flexibility index (Phi) is 20.9. The molecule has 18 nitrogen and oxygen atoms in total. The second-order valence-electron chi connectivity index (χ2n) is 15.9. The number of guanidine groups is 1. The summed E-state index contributed by atoms with van der Waals surface area (Å²) in [5.41, 5.74) is 5.63. The van der Waals surface area contributed by atoms with Crippen LogP contribution in [0.4, 0.5) is 24.6 Å². The molecule has 3 atom stereocenters. The quantitative estimate of drug-likeness (QED) is 0.0310. The Morgan fingerprint density at radius 3 is 1.84 bits per heavy atom. The molecule has 2 unspecified atom stereocenters. The number of nitrogens with one attached hydrogen (secondary N) is 4. The number of alkyl carbamates (subject to hydrolysis) is 3. The van der Waals surface area contributed by atoms with Crippen molar-refractivity contribution in [2.45, 2.75) is 104 Å². The molecule has 0 spiro atoms. The third-order valence-corrected chi connectivity index (χ3v) is 9.94. The number of benzene rings is 2. The summed E-state index contributed by atoms with van der Waals surface area (Å²) in [6.07, 6.45) is -0.0644. The van der Waals surface area contributed by atoms with Crippen LogP contribution in [0.25, 0.3) is 22.8 Å². The molecule has 0 aliphatic heterocycles. The Morgan fingerprint density at radius 2 is 1.35 bits per heavy atom. The number of hydrogen-bond donors (Lipinski definition) is 5. The first-order valence-corrected chi connectivity index (χ1v) is 23.1. The molecular weight excluding hydrogens is 869 g/mol. The molecule has 6 N–H and O–H groups in total. The lowest BCUT2D eigenvalue weighted by Gasteiger charge is -2.22. The van der Waals surface area contributed by atoms with E-state index >= 15 is 0 Å². The smallest absolute Gasteiger partial charge is 0.414 e. The second-order valence-corrected chi connectivity index (χ2v) is 18.3. The third-order valence-electron chi connectivity index (χ3n) is 8.10. The summed E-state index contributed by atoms with van der Waals surface area (Å²) in [4.78, 5) is 77.4. The van der Waals surface area contributed by atoms with Gasteiger partial charge in [0.2, 0.25) is 17.0 Å². The van der Waals surface area contributed by atoms with Crippen LogP contribution in [-0.2, 0) is 23.8 Å². The Hall–Kier alpha value is -5.67. The summed E-state index contributed by atoms with van der Waals surface area (Å²) in [6.45, 7) is 13.8. The van der Waals surface area contributed by atoms with Crippen LogP contribution in [0.2, 0.25) is 0 Å². The summed E-state index contributed by atoms with van der Waals surface area (Å²) < 4.78 is 24.3. The number of nitrogen functional groups attached to an aromatic ring is 1. The molecule has 0 bridgehead atoms. The van der Waals surface area contributed by atoms with Crippen LogP contribution in [0, 0.1) is 5.92 Å². The van der Waals surface area contributed by atoms with Crippen molar-refractivity contribution < 1.29 is 38.2 Å². The van der Waals surface area contributed by atoms with E-state index in [1.54, 1.807) is 54.7 Å². The van der Waals surface area contributed by atoms with E-state index in [1.807, 2.05) is 67.6 Å². The summed E-state index contributed by atoms with van der Waals surface area (Å²) in [5.74, 6) is -0.443. The first-order chi connectivity index (χ1) is 29.7. The molecule has 2 aromatic heterocycles. The van der Waals surface area contributed by atoms with Gasteiger partial charge in [0.15, 0.2) is 22.6 Å². The topological polar surface area (TPSA) is 251 Å². The molecule has 63 heavy (non-hydrogen) atoms. The van der Waals surface area contributed by atoms with Gasteiger partial charge in [-0.2, -0.15) is 30.5 Å². The number of carbonyl (C=O) groups is 5. The SMILES string of the molecule is CCC(C)OC(=O)N[C@@H](CSC)C(=O)CC(CCCN=C(NC(=O)OC(C)(C)C)NC(=O)OC(C)(C)C)C(=O)Nc1nc(-c2ccccc2)ns1.Nc1nc(-c2ccccc2)ns1. The summed E-state index contributed by atoms with van der Waals surface area (Å²) in [7, 11) is 0. The Balaban J connectivity index is 0.000000746. The maximum Gasteiger partial charge on any atom is 0.414 e. The van der Waals surface area contributed by atoms with Gasteiger partial charge in [-0.15, -0.1) is 0 Å². The van der Waals surface area contributed by atoms with Gasteiger partial charge < -0.3 is 30.6 Å². The monoisotopic (exact) mass is 926 g/mol. The first-order valence-electron chi connectivity index (χ1n) is 20.1. The van der Waals surface area contributed by atoms with Crippen molar-refractivity contribution in [3.05, 3.63) is 60.7 Å². The van der Waals surface area contributed by atoms with Crippen LogP contribution in [0.3, 0.4) is 0 Å². The number of rotatable bonds is 16. The number of ketones is 1. The highest BCUT2D eigenvalue weighted by Gasteiger charge is 2.29. The molecule has 4 aromatic rings. The van der Waals surface area contributed by atoms with E-state index in [0.717, 1.165) is 22.7 Å². The Morgan fingerprint density at radius 1 is 0.810 bits per heavy atom. The molecule has 4 amide bonds. The van der Waals surface area contributed by atoms with Crippen molar-refractivity contribution in [1.29, 1.82) is 0 Å². The number of ether oxygens (including phenoxy) is 3. The van der Waals surface area contributed by atoms with E-state index in [4.69, 9.17) is 19.9 Å². The van der Waals surface area contributed by atoms with E-state index < -0.39 is 47.3 Å². The van der Waals surface area contributed by atoms with E-state index in [-0.39, 0.29) is 54.5 Å². The first kappa shape index (κ1) is 51.7. The number of aliphatic imine (C=N–C) groups is 1. The number of nitrogens with two attached hydrogens (primary N) is 1. The van der Waals surface area contributed by atoms with Crippen molar-refractivity contribution in [2.24, 2.45) is 10.9 Å². The fourth-order valence-corrected chi connectivity index (χ4v) is 6.75. The maximum atomic E-state index is 13.6. The highest BCUT2D eigenvalue weighted by molar-refractivity contribution is 7.98. The molecular formula is C42H58N10O8S3. The summed E-state index contributed by atoms with van der Waals surface area (Å²) >= 11 is 3.59. The number of nitrogens with zero attached hydrogens (tertiary/aromatic N) is 5. The molecule has 0 radical (unpaired) electrons. The van der Waals surface area contributed by atoms with Gasteiger partial charge >= 0.3 is 18.3 Å². The van der Waals surface area contributed by atoms with Crippen LogP contribution < -0.4 is 27.0 Å². The zero-order valence-electron chi connectivity index (χ0n) is 37.1. The number of hydrogen-bond acceptors (Lipinski definition) is 17. The van der Waals surface area contributed by atoms with E-state index in [9.17, 15) is 24.0 Å². The average molecular weight is 927 g/mol. The predicted molar refractivity (Wildman–Crippen MR) is 249 cm³/mol. The predicted octanol–water partition coefficient (Wildman–Crippen LogP) is 7.95. The molecule has 0 saturated heterocycles. The maximum absolute atomic E-state index is 13.6. The molecule has 0 saturated carbocycles. The van der Waals surface area contributed by atoms with Crippen molar-refractivity contribution in [3.63, 3.8) is 0 Å². The zero-order valence-corrected chi connectivity index (χ0v) is 39.5. The minimum Gasteiger partial charge on any atom is -0.447 e. The molecule has 4 rings (SSSR count). The zero-order chi connectivity index (χ0) is 46.6. The lowest BCUT2D eigenvalue weighted by molar-refractivity contribution is -0.127. The largest absolute Gasteiger partial charge is 0.447 e.